The molecule has 30 heavy (non-hydrogen) atoms. The van der Waals surface area contributed by atoms with Crippen LogP contribution in [0.15, 0.2) is 41.4 Å². The molecule has 0 unspecified atom stereocenters. The van der Waals surface area contributed by atoms with Crippen LogP contribution in [0.3, 0.4) is 0 Å². The molecular weight excluding hydrogens is 507 g/mol. The van der Waals surface area contributed by atoms with Gasteiger partial charge < -0.3 is 15.0 Å². The van der Waals surface area contributed by atoms with Gasteiger partial charge >= 0.3 is 0 Å². The van der Waals surface area contributed by atoms with E-state index < -0.39 is 0 Å². The molecule has 0 amide bonds. The summed E-state index contributed by atoms with van der Waals surface area (Å²) in [5.41, 5.74) is 1.27. The molecule has 2 saturated heterocycles. The molecule has 5 nitrogen and oxygen atoms in total. The highest BCUT2D eigenvalue weighted by atomic mass is 127. The first kappa shape index (κ1) is 25.5. The van der Waals surface area contributed by atoms with Crippen molar-refractivity contribution in [1.29, 1.82) is 0 Å². The van der Waals surface area contributed by atoms with E-state index in [4.69, 9.17) is 9.73 Å². The molecule has 7 heteroatoms. The average Bonchev–Trinajstić information content (AvgIpc) is 2.78. The minimum absolute atomic E-state index is 0. The van der Waals surface area contributed by atoms with Gasteiger partial charge in [-0.1, -0.05) is 42.5 Å². The minimum Gasteiger partial charge on any atom is -0.381 e. The molecule has 1 aromatic carbocycles. The third kappa shape index (κ3) is 7.73. The van der Waals surface area contributed by atoms with Gasteiger partial charge in [-0.2, -0.15) is 11.8 Å². The van der Waals surface area contributed by atoms with Gasteiger partial charge in [-0.3, -0.25) is 9.89 Å². The molecule has 168 valence electrons. The van der Waals surface area contributed by atoms with Gasteiger partial charge in [0.25, 0.3) is 0 Å². The van der Waals surface area contributed by atoms with Gasteiger partial charge in [0.05, 0.1) is 6.54 Å². The molecule has 1 N–H and O–H groups in total. The Balaban J connectivity index is 0.00000320. The molecule has 2 fully saturated rings. The van der Waals surface area contributed by atoms with Crippen molar-refractivity contribution in [2.75, 3.05) is 65.3 Å². The predicted octanol–water partition coefficient (Wildman–Crippen LogP) is 3.81. The van der Waals surface area contributed by atoms with E-state index in [9.17, 15) is 0 Å². The Kier molecular flexibility index (Phi) is 11.6. The van der Waals surface area contributed by atoms with E-state index in [2.05, 4.69) is 70.8 Å². The number of halogens is 1. The molecule has 1 aromatic rings. The Morgan fingerprint density at radius 3 is 2.50 bits per heavy atom. The Morgan fingerprint density at radius 2 is 1.87 bits per heavy atom. The number of guanidine groups is 1. The van der Waals surface area contributed by atoms with Crippen LogP contribution in [-0.4, -0.2) is 85.8 Å². The van der Waals surface area contributed by atoms with Gasteiger partial charge in [0.2, 0.25) is 0 Å². The lowest BCUT2D eigenvalue weighted by Crippen LogP contribution is -2.52. The Morgan fingerprint density at radius 1 is 1.17 bits per heavy atom. The van der Waals surface area contributed by atoms with Crippen LogP contribution in [0.1, 0.15) is 25.3 Å². The first-order valence-electron chi connectivity index (χ1n) is 10.8. The second-order valence-electron chi connectivity index (χ2n) is 7.77. The number of nitrogens with zero attached hydrogens (tertiary/aromatic N) is 3. The van der Waals surface area contributed by atoms with E-state index >= 15 is 0 Å². The van der Waals surface area contributed by atoms with E-state index in [0.717, 1.165) is 77.8 Å². The number of rotatable bonds is 7. The molecular formula is C23H37IN4OS. The zero-order valence-corrected chi connectivity index (χ0v) is 21.5. The van der Waals surface area contributed by atoms with Gasteiger partial charge in [0.1, 0.15) is 0 Å². The fraction of sp³-hybridized carbons (Fsp3) is 0.609. The van der Waals surface area contributed by atoms with Gasteiger partial charge in [0, 0.05) is 57.2 Å². The molecule has 0 atom stereocenters. The van der Waals surface area contributed by atoms with Crippen LogP contribution in [0.25, 0.3) is 6.08 Å². The van der Waals surface area contributed by atoms with E-state index in [-0.39, 0.29) is 28.7 Å². The second kappa shape index (κ2) is 13.6. The quantitative estimate of drug-likeness (QED) is 0.321. The number of ether oxygens (including phenoxy) is 1. The lowest BCUT2D eigenvalue weighted by atomic mass is 9.99. The van der Waals surface area contributed by atoms with E-state index in [1.54, 1.807) is 0 Å². The lowest BCUT2D eigenvalue weighted by Gasteiger charge is -2.37. The third-order valence-electron chi connectivity index (χ3n) is 5.83. The van der Waals surface area contributed by atoms with Crippen molar-refractivity contribution in [3.8, 4) is 0 Å². The minimum atomic E-state index is 0. The Bertz CT molecular complexity index is 656. The zero-order chi connectivity index (χ0) is 20.4. The number of benzene rings is 1. The van der Waals surface area contributed by atoms with Crippen LogP contribution in [0.4, 0.5) is 0 Å². The maximum atomic E-state index is 5.57. The summed E-state index contributed by atoms with van der Waals surface area (Å²) in [5, 5.41) is 3.52. The number of thioether (sulfide) groups is 1. The summed E-state index contributed by atoms with van der Waals surface area (Å²) in [7, 11) is 0. The zero-order valence-electron chi connectivity index (χ0n) is 18.4. The maximum Gasteiger partial charge on any atom is 0.194 e. The highest BCUT2D eigenvalue weighted by molar-refractivity contribution is 14.0. The van der Waals surface area contributed by atoms with Crippen LogP contribution < -0.4 is 5.32 Å². The molecule has 0 saturated carbocycles. The summed E-state index contributed by atoms with van der Waals surface area (Å²) in [6.45, 7) is 10.9. The molecule has 0 bridgehead atoms. The summed E-state index contributed by atoms with van der Waals surface area (Å²) in [6.07, 6.45) is 8.90. The summed E-state index contributed by atoms with van der Waals surface area (Å²) in [4.78, 5) is 9.99. The lowest BCUT2D eigenvalue weighted by molar-refractivity contribution is 0.0793. The first-order valence-corrected chi connectivity index (χ1v) is 12.1. The Hall–Kier alpha value is -0.770. The van der Waals surface area contributed by atoms with E-state index in [1.807, 2.05) is 11.8 Å². The van der Waals surface area contributed by atoms with Crippen molar-refractivity contribution in [2.45, 2.75) is 24.5 Å². The number of piperazine rings is 1. The van der Waals surface area contributed by atoms with Gasteiger partial charge in [-0.15, -0.1) is 24.0 Å². The maximum absolute atomic E-state index is 5.57. The van der Waals surface area contributed by atoms with Gasteiger partial charge in [0.15, 0.2) is 5.96 Å². The summed E-state index contributed by atoms with van der Waals surface area (Å²) in [6, 6.07) is 10.5. The molecule has 3 rings (SSSR count). The van der Waals surface area contributed by atoms with Crippen molar-refractivity contribution in [3.05, 3.63) is 42.0 Å². The first-order chi connectivity index (χ1) is 14.2. The number of hydrogen-bond donors (Lipinski definition) is 1. The van der Waals surface area contributed by atoms with Crippen molar-refractivity contribution in [3.63, 3.8) is 0 Å². The fourth-order valence-corrected chi connectivity index (χ4v) is 4.63. The normalized spacial score (nSPS) is 20.2. The number of nitrogens with one attached hydrogen (secondary N) is 1. The van der Waals surface area contributed by atoms with Crippen molar-refractivity contribution >= 4 is 47.8 Å². The number of aliphatic imine (C=N–C) groups is 1. The fourth-order valence-electron chi connectivity index (χ4n) is 3.86. The van der Waals surface area contributed by atoms with Crippen LogP contribution in [-0.2, 0) is 4.74 Å². The largest absolute Gasteiger partial charge is 0.381 e. The molecule has 0 radical (unpaired) electrons. The molecule has 2 aliphatic heterocycles. The molecule has 2 aliphatic rings. The van der Waals surface area contributed by atoms with E-state index in [0.29, 0.717) is 0 Å². The predicted molar refractivity (Wildman–Crippen MR) is 141 cm³/mol. The summed E-state index contributed by atoms with van der Waals surface area (Å²) in [5.74, 6) is 1.08. The van der Waals surface area contributed by atoms with Crippen molar-refractivity contribution in [2.24, 2.45) is 4.99 Å². The van der Waals surface area contributed by atoms with Crippen molar-refractivity contribution in [1.82, 2.24) is 15.1 Å². The van der Waals surface area contributed by atoms with Gasteiger partial charge in [-0.05, 0) is 31.6 Å². The van der Waals surface area contributed by atoms with Gasteiger partial charge in [-0.25, -0.2) is 0 Å². The number of hydrogen-bond acceptors (Lipinski definition) is 4. The van der Waals surface area contributed by atoms with Crippen LogP contribution in [0.2, 0.25) is 0 Å². The molecule has 0 aliphatic carbocycles. The Labute approximate surface area is 203 Å². The highest BCUT2D eigenvalue weighted by Crippen LogP contribution is 2.34. The van der Waals surface area contributed by atoms with E-state index in [1.165, 1.54) is 5.56 Å². The summed E-state index contributed by atoms with van der Waals surface area (Å²) < 4.78 is 5.81. The standard InChI is InChI=1S/C23H36N4OS.HI/c1-3-24-22(25-20-23(29-2)11-18-28-19-12-23)27-16-14-26(15-17-27)13-7-10-21-8-5-4-6-9-21;/h4-10H,3,11-20H2,1-2H3,(H,24,25);1H/b10-7+;. The smallest absolute Gasteiger partial charge is 0.194 e. The summed E-state index contributed by atoms with van der Waals surface area (Å²) >= 11 is 1.96. The topological polar surface area (TPSA) is 40.1 Å². The third-order valence-corrected chi connectivity index (χ3v) is 7.24. The monoisotopic (exact) mass is 544 g/mol. The second-order valence-corrected chi connectivity index (χ2v) is 9.04. The van der Waals surface area contributed by atoms with Crippen LogP contribution in [0, 0.1) is 0 Å². The average molecular weight is 545 g/mol. The van der Waals surface area contributed by atoms with Crippen LogP contribution in [0.5, 0.6) is 0 Å². The molecule has 0 aromatic heterocycles. The molecule has 0 spiro atoms. The van der Waals surface area contributed by atoms with Crippen LogP contribution >= 0.6 is 35.7 Å². The SMILES string of the molecule is CCNC(=NCC1(SC)CCOCC1)N1CCN(C/C=C/c2ccccc2)CC1.I. The highest BCUT2D eigenvalue weighted by Gasteiger charge is 2.32. The molecule has 2 heterocycles. The van der Waals surface area contributed by atoms with Crippen molar-refractivity contribution < 1.29 is 4.74 Å².